The molecule has 0 aliphatic heterocycles. The van der Waals surface area contributed by atoms with Gasteiger partial charge in [0.1, 0.15) is 0 Å². The second kappa shape index (κ2) is 11.7. The van der Waals surface area contributed by atoms with Crippen LogP contribution < -0.4 is 5.32 Å². The molecule has 0 aromatic heterocycles. The summed E-state index contributed by atoms with van der Waals surface area (Å²) in [4.78, 5) is 36.1. The molecule has 0 fully saturated rings. The molecular weight excluding hydrogens is 497 g/mol. The van der Waals surface area contributed by atoms with Gasteiger partial charge in [0.25, 0.3) is 0 Å². The van der Waals surface area contributed by atoms with Crippen LogP contribution in [0.25, 0.3) is 21.9 Å². The first kappa shape index (κ1) is 28.1. The summed E-state index contributed by atoms with van der Waals surface area (Å²) < 4.78 is 24.2. The maximum absolute atomic E-state index is 13.3. The predicted octanol–water partition coefficient (Wildman–Crippen LogP) is 4.86. The lowest BCUT2D eigenvalue weighted by Crippen LogP contribution is -2.61. The van der Waals surface area contributed by atoms with Gasteiger partial charge in [0.05, 0.1) is 19.4 Å². The number of hydrogen-bond acceptors (Lipinski definition) is 6. The molecule has 0 aliphatic rings. The van der Waals surface area contributed by atoms with Crippen LogP contribution in [0.3, 0.4) is 0 Å². The number of carboxylic acids is 2. The van der Waals surface area contributed by atoms with Crippen LogP contribution in [0.2, 0.25) is 0 Å². The number of carbonyl (C=O) groups excluding carboxylic acids is 1. The predicted molar refractivity (Wildman–Crippen MR) is 139 cm³/mol. The van der Waals surface area contributed by atoms with Gasteiger partial charge in [-0.15, -0.1) is 0 Å². The molecule has 3 aromatic rings. The lowest BCUT2D eigenvalue weighted by atomic mass is 9.87. The van der Waals surface area contributed by atoms with E-state index in [9.17, 15) is 29.2 Å². The first-order valence-corrected chi connectivity index (χ1v) is 13.5. The third-order valence-electron chi connectivity index (χ3n) is 5.77. The van der Waals surface area contributed by atoms with Crippen molar-refractivity contribution in [3.8, 4) is 11.1 Å². The zero-order valence-electron chi connectivity index (χ0n) is 20.9. The van der Waals surface area contributed by atoms with E-state index in [-0.39, 0.29) is 19.4 Å². The van der Waals surface area contributed by atoms with Crippen LogP contribution in [-0.4, -0.2) is 46.8 Å². The molecular formula is C27H30NO8P. The van der Waals surface area contributed by atoms with Crippen molar-refractivity contribution < 1.29 is 38.2 Å². The Morgan fingerprint density at radius 2 is 1.49 bits per heavy atom. The van der Waals surface area contributed by atoms with Crippen LogP contribution >= 0.6 is 7.60 Å². The molecule has 0 aliphatic carbocycles. The molecule has 0 bridgehead atoms. The average molecular weight is 528 g/mol. The van der Waals surface area contributed by atoms with Crippen molar-refractivity contribution >= 4 is 36.2 Å². The Balaban J connectivity index is 2.22. The first-order chi connectivity index (χ1) is 17.5. The average Bonchev–Trinajstić information content (AvgIpc) is 2.82. The number of nitrogens with one attached hydrogen (secondary N) is 1. The number of hydrogen-bond donors (Lipinski definition) is 3. The SMILES string of the molecule is CCOP(=O)(Cc1cc(CC(NC(C)=O)(C(=O)O)C(=O)O)cc(-c2cccc3ccccc23)c1)OCC. The summed E-state index contributed by atoms with van der Waals surface area (Å²) in [5.74, 6) is -4.21. The second-order valence-corrected chi connectivity index (χ2v) is 10.6. The minimum atomic E-state index is -3.53. The van der Waals surface area contributed by atoms with Crippen molar-refractivity contribution in [1.82, 2.24) is 5.32 Å². The quantitative estimate of drug-likeness (QED) is 0.224. The number of fused-ring (bicyclic) bond motifs is 1. The van der Waals surface area contributed by atoms with Crippen LogP contribution in [0.4, 0.5) is 0 Å². The fourth-order valence-electron chi connectivity index (χ4n) is 4.33. The fraction of sp³-hybridized carbons (Fsp3) is 0.296. The Morgan fingerprint density at radius 3 is 2.08 bits per heavy atom. The first-order valence-electron chi connectivity index (χ1n) is 11.8. The van der Waals surface area contributed by atoms with Gasteiger partial charge < -0.3 is 24.6 Å². The van der Waals surface area contributed by atoms with Crippen LogP contribution in [0.5, 0.6) is 0 Å². The Kier molecular flexibility index (Phi) is 8.86. The van der Waals surface area contributed by atoms with E-state index in [0.29, 0.717) is 16.7 Å². The Morgan fingerprint density at radius 1 is 0.892 bits per heavy atom. The number of rotatable bonds is 12. The number of carbonyl (C=O) groups is 3. The lowest BCUT2D eigenvalue weighted by Gasteiger charge is -2.26. The van der Waals surface area contributed by atoms with Gasteiger partial charge in [0.2, 0.25) is 11.4 Å². The summed E-state index contributed by atoms with van der Waals surface area (Å²) in [6, 6.07) is 18.5. The summed E-state index contributed by atoms with van der Waals surface area (Å²) in [5, 5.41) is 23.7. The van der Waals surface area contributed by atoms with Crippen LogP contribution in [-0.2, 0) is 40.6 Å². The highest BCUT2D eigenvalue weighted by atomic mass is 31.2. The second-order valence-electron chi connectivity index (χ2n) is 8.54. The zero-order chi connectivity index (χ0) is 27.2. The molecule has 0 unspecified atom stereocenters. The normalized spacial score (nSPS) is 11.9. The Hall–Kier alpha value is -3.52. The van der Waals surface area contributed by atoms with Gasteiger partial charge in [-0.25, -0.2) is 9.59 Å². The third kappa shape index (κ3) is 6.43. The summed E-state index contributed by atoms with van der Waals surface area (Å²) >= 11 is 0. The van der Waals surface area contributed by atoms with E-state index in [0.717, 1.165) is 23.3 Å². The van der Waals surface area contributed by atoms with Gasteiger partial charge in [-0.05, 0) is 46.9 Å². The molecule has 9 nitrogen and oxygen atoms in total. The highest BCUT2D eigenvalue weighted by molar-refractivity contribution is 7.53. The van der Waals surface area contributed by atoms with Gasteiger partial charge in [0, 0.05) is 13.3 Å². The van der Waals surface area contributed by atoms with Gasteiger partial charge in [0.15, 0.2) is 0 Å². The van der Waals surface area contributed by atoms with Crippen molar-refractivity contribution in [3.05, 3.63) is 71.8 Å². The maximum Gasteiger partial charge on any atom is 0.341 e. The molecule has 0 radical (unpaired) electrons. The van der Waals surface area contributed by atoms with E-state index in [1.807, 2.05) is 42.5 Å². The number of aliphatic carboxylic acids is 2. The van der Waals surface area contributed by atoms with Crippen LogP contribution in [0, 0.1) is 0 Å². The summed E-state index contributed by atoms with van der Waals surface area (Å²) in [5.41, 5.74) is -0.281. The summed E-state index contributed by atoms with van der Waals surface area (Å²) in [7, 11) is -3.53. The molecule has 1 amide bonds. The largest absolute Gasteiger partial charge is 0.479 e. The molecule has 0 atom stereocenters. The topological polar surface area (TPSA) is 139 Å². The van der Waals surface area contributed by atoms with Gasteiger partial charge in [-0.3, -0.25) is 9.36 Å². The Bertz CT molecular complexity index is 1340. The number of carboxylic acid groups (broad SMARTS) is 2. The molecule has 196 valence electrons. The van der Waals surface area contributed by atoms with E-state index in [1.165, 1.54) is 0 Å². The smallest absolute Gasteiger partial charge is 0.341 e. The van der Waals surface area contributed by atoms with E-state index in [4.69, 9.17) is 9.05 Å². The van der Waals surface area contributed by atoms with E-state index in [2.05, 4.69) is 5.32 Å². The molecule has 3 aromatic carbocycles. The fourth-order valence-corrected chi connectivity index (χ4v) is 6.01. The van der Waals surface area contributed by atoms with Crippen molar-refractivity contribution in [1.29, 1.82) is 0 Å². The number of amides is 1. The maximum atomic E-state index is 13.3. The van der Waals surface area contributed by atoms with Crippen molar-refractivity contribution in [2.24, 2.45) is 0 Å². The summed E-state index contributed by atoms with van der Waals surface area (Å²) in [6.07, 6.45) is -0.649. The number of benzene rings is 3. The monoisotopic (exact) mass is 527 g/mol. The van der Waals surface area contributed by atoms with Crippen molar-refractivity contribution in [2.45, 2.75) is 38.9 Å². The standard InChI is InChI=1S/C27H30NO8P/c1-4-35-37(34,36-5-2)17-20-13-19(16-27(25(30)31,26(32)33)28-18(3)29)14-22(15-20)24-12-8-10-21-9-6-7-11-23(21)24/h6-15H,4-5,16-17H2,1-3H3,(H,28,29)(H,30,31)(H,32,33). The Labute approximate surface area is 214 Å². The van der Waals surface area contributed by atoms with Crippen molar-refractivity contribution in [3.63, 3.8) is 0 Å². The van der Waals surface area contributed by atoms with E-state index < -0.39 is 37.4 Å². The van der Waals surface area contributed by atoms with E-state index >= 15 is 0 Å². The highest BCUT2D eigenvalue weighted by Gasteiger charge is 2.48. The molecule has 10 heteroatoms. The van der Waals surface area contributed by atoms with Crippen molar-refractivity contribution in [2.75, 3.05) is 13.2 Å². The minimum Gasteiger partial charge on any atom is -0.479 e. The van der Waals surface area contributed by atoms with Gasteiger partial charge >= 0.3 is 19.5 Å². The third-order valence-corrected chi connectivity index (χ3v) is 7.83. The van der Waals surface area contributed by atoms with E-state index in [1.54, 1.807) is 32.0 Å². The molecule has 0 heterocycles. The molecule has 37 heavy (non-hydrogen) atoms. The van der Waals surface area contributed by atoms with Crippen LogP contribution in [0.1, 0.15) is 31.9 Å². The van der Waals surface area contributed by atoms with Gasteiger partial charge in [-0.2, -0.15) is 0 Å². The molecule has 3 rings (SSSR count). The molecule has 0 saturated carbocycles. The summed E-state index contributed by atoms with van der Waals surface area (Å²) in [6.45, 7) is 4.78. The molecule has 3 N–H and O–H groups in total. The molecule has 0 spiro atoms. The lowest BCUT2D eigenvalue weighted by molar-refractivity contribution is -0.161. The van der Waals surface area contributed by atoms with Gasteiger partial charge in [-0.1, -0.05) is 60.7 Å². The van der Waals surface area contributed by atoms with Crippen LogP contribution in [0.15, 0.2) is 60.7 Å². The molecule has 0 saturated heterocycles. The highest BCUT2D eigenvalue weighted by Crippen LogP contribution is 2.51. The zero-order valence-corrected chi connectivity index (χ0v) is 21.8. The minimum absolute atomic E-state index is 0.104.